The summed E-state index contributed by atoms with van der Waals surface area (Å²) in [6.07, 6.45) is 11.3. The summed E-state index contributed by atoms with van der Waals surface area (Å²) in [5.41, 5.74) is 4.67. The highest BCUT2D eigenvalue weighted by molar-refractivity contribution is 5.87. The zero-order valence-electron chi connectivity index (χ0n) is 27.5. The fourth-order valence-corrected chi connectivity index (χ4v) is 5.77. The van der Waals surface area contributed by atoms with E-state index in [9.17, 15) is 14.7 Å². The lowest BCUT2D eigenvalue weighted by atomic mass is 9.76. The molecule has 0 radical (unpaired) electrons. The second-order valence-electron chi connectivity index (χ2n) is 12.2. The third kappa shape index (κ3) is 11.7. The van der Waals surface area contributed by atoms with Gasteiger partial charge in [0.1, 0.15) is 37.9 Å². The molecule has 45 heavy (non-hydrogen) atoms. The van der Waals surface area contributed by atoms with Crippen LogP contribution in [-0.2, 0) is 25.5 Å². The van der Waals surface area contributed by atoms with Crippen LogP contribution in [0.1, 0.15) is 95.6 Å². The molecule has 2 aromatic rings. The van der Waals surface area contributed by atoms with Crippen LogP contribution in [0.4, 0.5) is 0 Å². The van der Waals surface area contributed by atoms with E-state index in [2.05, 4.69) is 44.3 Å². The van der Waals surface area contributed by atoms with Gasteiger partial charge < -0.3 is 24.1 Å². The summed E-state index contributed by atoms with van der Waals surface area (Å²) < 4.78 is 23.3. The summed E-state index contributed by atoms with van der Waals surface area (Å²) in [6, 6.07) is 12.4. The van der Waals surface area contributed by atoms with Gasteiger partial charge in [-0.05, 0) is 93.0 Å². The quantitative estimate of drug-likeness (QED) is 0.0963. The van der Waals surface area contributed by atoms with Crippen LogP contribution in [0, 0.1) is 5.92 Å². The van der Waals surface area contributed by atoms with E-state index in [1.165, 1.54) is 38.5 Å². The minimum atomic E-state index is -0.449. The normalized spacial score (nSPS) is 16.1. The molecule has 1 N–H and O–H groups in total. The van der Waals surface area contributed by atoms with E-state index in [1.54, 1.807) is 13.8 Å². The third-order valence-electron chi connectivity index (χ3n) is 8.33. The van der Waals surface area contributed by atoms with Gasteiger partial charge in [0.15, 0.2) is 0 Å². The average molecular weight is 621 g/mol. The molecule has 1 aliphatic carbocycles. The van der Waals surface area contributed by atoms with E-state index in [4.69, 9.17) is 18.9 Å². The van der Waals surface area contributed by atoms with Crippen molar-refractivity contribution in [1.29, 1.82) is 0 Å². The number of ether oxygens (including phenoxy) is 4. The van der Waals surface area contributed by atoms with E-state index in [1.807, 2.05) is 12.1 Å². The van der Waals surface area contributed by atoms with Crippen molar-refractivity contribution in [3.8, 4) is 22.6 Å². The topological polar surface area (TPSA) is 91.3 Å². The van der Waals surface area contributed by atoms with Crippen molar-refractivity contribution in [2.75, 3.05) is 33.0 Å². The number of esters is 2. The van der Waals surface area contributed by atoms with Gasteiger partial charge in [0.05, 0.1) is 5.56 Å². The highest BCUT2D eigenvalue weighted by Gasteiger charge is 2.25. The van der Waals surface area contributed by atoms with Crippen LogP contribution in [-0.4, -0.2) is 50.1 Å². The van der Waals surface area contributed by atoms with Crippen LogP contribution >= 0.6 is 0 Å². The summed E-state index contributed by atoms with van der Waals surface area (Å²) in [4.78, 5) is 23.9. The Kier molecular flexibility index (Phi) is 15.2. The largest absolute Gasteiger partial charge is 0.489 e. The monoisotopic (exact) mass is 620 g/mol. The number of aliphatic hydroxyl groups excluding tert-OH is 1. The van der Waals surface area contributed by atoms with Crippen molar-refractivity contribution in [3.63, 3.8) is 0 Å². The number of hydrogen-bond acceptors (Lipinski definition) is 7. The Morgan fingerprint density at radius 2 is 1.36 bits per heavy atom. The molecular weight excluding hydrogens is 568 g/mol. The number of unbranched alkanes of at least 4 members (excludes halogenated alkanes) is 2. The first-order valence-electron chi connectivity index (χ1n) is 16.5. The maximum atomic E-state index is 12.0. The minimum absolute atomic E-state index is 0.0887. The molecule has 0 spiro atoms. The zero-order chi connectivity index (χ0) is 32.6. The number of carbonyl (C=O) groups excluding carboxylic acids is 2. The number of hydrogen-bond donors (Lipinski definition) is 1. The molecule has 0 heterocycles. The Bertz CT molecular complexity index is 1200. The third-order valence-corrected chi connectivity index (χ3v) is 8.33. The molecule has 0 unspecified atom stereocenters. The Hall–Kier alpha value is -3.58. The number of aryl methyl sites for hydroxylation is 1. The van der Waals surface area contributed by atoms with E-state index >= 15 is 0 Å². The molecule has 1 fully saturated rings. The van der Waals surface area contributed by atoms with Crippen LogP contribution in [0.2, 0.25) is 0 Å². The van der Waals surface area contributed by atoms with Gasteiger partial charge in [-0.3, -0.25) is 0 Å². The second-order valence-corrected chi connectivity index (χ2v) is 12.2. The standard InChI is InChI=1S/C38H52O7/c1-6-7-8-10-29-12-16-31(17-13-29)33-25-34(42-21-23-44-37(40)27(2)3)36(32-18-14-30(15-19-32)11-9-20-39)35(26-33)43-22-24-45-38(41)28(4)5/h14-15,18-19,25-26,29,31,39H,2,4,6-13,16-17,20-24H2,1,3,5H3. The number of benzene rings is 2. The van der Waals surface area contributed by atoms with Crippen molar-refractivity contribution in [2.45, 2.75) is 90.9 Å². The van der Waals surface area contributed by atoms with Gasteiger partial charge in [0.25, 0.3) is 0 Å². The van der Waals surface area contributed by atoms with Gasteiger partial charge >= 0.3 is 11.9 Å². The lowest BCUT2D eigenvalue weighted by Gasteiger charge is -2.30. The number of carbonyl (C=O) groups is 2. The predicted molar refractivity (Wildman–Crippen MR) is 179 cm³/mol. The SMILES string of the molecule is C=C(C)C(=O)OCCOc1cc(C2CCC(CCCCC)CC2)cc(OCCOC(=O)C(=C)C)c1-c1ccc(CCCO)cc1. The fourth-order valence-electron chi connectivity index (χ4n) is 5.77. The van der Waals surface area contributed by atoms with Gasteiger partial charge in [-0.1, -0.05) is 70.0 Å². The van der Waals surface area contributed by atoms with Gasteiger partial charge in [-0.25, -0.2) is 9.59 Å². The second kappa shape index (κ2) is 19.1. The molecule has 0 bridgehead atoms. The number of aliphatic hydroxyl groups is 1. The Labute approximate surface area is 269 Å². The minimum Gasteiger partial charge on any atom is -0.489 e. The summed E-state index contributed by atoms with van der Waals surface area (Å²) >= 11 is 0. The van der Waals surface area contributed by atoms with Gasteiger partial charge in [0, 0.05) is 17.8 Å². The molecule has 0 atom stereocenters. The van der Waals surface area contributed by atoms with Gasteiger partial charge in [0.2, 0.25) is 0 Å². The van der Waals surface area contributed by atoms with E-state index in [-0.39, 0.29) is 33.0 Å². The van der Waals surface area contributed by atoms with E-state index in [0.29, 0.717) is 35.0 Å². The van der Waals surface area contributed by atoms with E-state index < -0.39 is 11.9 Å². The highest BCUT2D eigenvalue weighted by atomic mass is 16.6. The molecule has 0 aliphatic heterocycles. The first-order chi connectivity index (χ1) is 21.7. The molecule has 0 amide bonds. The summed E-state index contributed by atoms with van der Waals surface area (Å²) in [7, 11) is 0. The lowest BCUT2D eigenvalue weighted by Crippen LogP contribution is -2.16. The van der Waals surface area contributed by atoms with Crippen molar-refractivity contribution < 1.29 is 33.6 Å². The van der Waals surface area contributed by atoms with Crippen molar-refractivity contribution in [2.24, 2.45) is 5.92 Å². The molecule has 1 aliphatic rings. The van der Waals surface area contributed by atoms with Gasteiger partial charge in [-0.15, -0.1) is 0 Å². The van der Waals surface area contributed by atoms with Crippen LogP contribution in [0.25, 0.3) is 11.1 Å². The first kappa shape index (κ1) is 35.9. The molecule has 0 aromatic heterocycles. The van der Waals surface area contributed by atoms with Crippen LogP contribution < -0.4 is 9.47 Å². The first-order valence-corrected chi connectivity index (χ1v) is 16.5. The Balaban J connectivity index is 1.92. The molecule has 7 heteroatoms. The molecule has 1 saturated carbocycles. The summed E-state index contributed by atoms with van der Waals surface area (Å²) in [6.45, 7) is 13.4. The van der Waals surface area contributed by atoms with Gasteiger partial charge in [-0.2, -0.15) is 0 Å². The lowest BCUT2D eigenvalue weighted by molar-refractivity contribution is -0.140. The predicted octanol–water partition coefficient (Wildman–Crippen LogP) is 8.13. The van der Waals surface area contributed by atoms with Crippen LogP contribution in [0.3, 0.4) is 0 Å². The zero-order valence-corrected chi connectivity index (χ0v) is 27.5. The maximum absolute atomic E-state index is 12.0. The van der Waals surface area contributed by atoms with Crippen molar-refractivity contribution in [3.05, 3.63) is 71.8 Å². The van der Waals surface area contributed by atoms with E-state index in [0.717, 1.165) is 47.4 Å². The maximum Gasteiger partial charge on any atom is 0.333 e. The molecule has 246 valence electrons. The van der Waals surface area contributed by atoms with Crippen molar-refractivity contribution >= 4 is 11.9 Å². The van der Waals surface area contributed by atoms with Crippen LogP contribution in [0.15, 0.2) is 60.7 Å². The Morgan fingerprint density at radius 1 is 0.800 bits per heavy atom. The molecule has 7 nitrogen and oxygen atoms in total. The Morgan fingerprint density at radius 3 is 1.84 bits per heavy atom. The molecule has 2 aromatic carbocycles. The fraction of sp³-hybridized carbons (Fsp3) is 0.526. The highest BCUT2D eigenvalue weighted by Crippen LogP contribution is 2.45. The molecule has 0 saturated heterocycles. The number of rotatable bonds is 19. The summed E-state index contributed by atoms with van der Waals surface area (Å²) in [5, 5.41) is 9.26. The smallest absolute Gasteiger partial charge is 0.333 e. The van der Waals surface area contributed by atoms with Crippen LogP contribution in [0.5, 0.6) is 11.5 Å². The summed E-state index contributed by atoms with van der Waals surface area (Å²) in [5.74, 6) is 1.58. The van der Waals surface area contributed by atoms with Crippen molar-refractivity contribution in [1.82, 2.24) is 0 Å². The average Bonchev–Trinajstić information content (AvgIpc) is 3.04. The molecule has 3 rings (SSSR count). The molecular formula is C38H52O7.